The van der Waals surface area contributed by atoms with Gasteiger partial charge in [0.25, 0.3) is 5.91 Å². The normalized spacial score (nSPS) is 32.1. The first-order chi connectivity index (χ1) is 16.0. The molecule has 178 valence electrons. The highest BCUT2D eigenvalue weighted by Crippen LogP contribution is 2.32. The number of carbonyl (C=O) groups is 3. The zero-order chi connectivity index (χ0) is 22.9. The first-order valence-corrected chi connectivity index (χ1v) is 12.3. The van der Waals surface area contributed by atoms with Gasteiger partial charge in [0.1, 0.15) is 17.9 Å². The molecule has 0 aromatic heterocycles. The number of hydrogen-bond donors (Lipinski definition) is 2. The molecule has 2 aliphatic carbocycles. The average Bonchev–Trinajstić information content (AvgIpc) is 3.39. The van der Waals surface area contributed by atoms with Crippen molar-refractivity contribution in [2.45, 2.75) is 94.7 Å². The zero-order valence-corrected chi connectivity index (χ0v) is 19.2. The molecular formula is C25H33N3O5. The van der Waals surface area contributed by atoms with Crippen LogP contribution in [-0.2, 0) is 20.9 Å². The van der Waals surface area contributed by atoms with E-state index in [4.69, 9.17) is 9.47 Å². The molecule has 1 saturated heterocycles. The predicted octanol–water partition coefficient (Wildman–Crippen LogP) is 2.29. The van der Waals surface area contributed by atoms with Gasteiger partial charge in [-0.1, -0.05) is 6.42 Å². The van der Waals surface area contributed by atoms with Crippen LogP contribution >= 0.6 is 0 Å². The number of methoxy groups -OCH3 is 1. The minimum Gasteiger partial charge on any atom is -0.489 e. The fraction of sp³-hybridized carbons (Fsp3) is 0.640. The fourth-order valence-electron chi connectivity index (χ4n) is 5.90. The summed E-state index contributed by atoms with van der Waals surface area (Å²) in [5.41, 5.74) is 1.48. The molecule has 5 atom stereocenters. The number of rotatable bonds is 6. The highest BCUT2D eigenvalue weighted by Gasteiger charge is 2.39. The van der Waals surface area contributed by atoms with Gasteiger partial charge < -0.3 is 19.7 Å². The lowest BCUT2D eigenvalue weighted by Gasteiger charge is -2.35. The van der Waals surface area contributed by atoms with Crippen LogP contribution in [0.25, 0.3) is 0 Å². The maximum absolute atomic E-state index is 12.9. The van der Waals surface area contributed by atoms with Gasteiger partial charge in [-0.3, -0.25) is 19.7 Å². The molecule has 3 fully saturated rings. The Bertz CT molecular complexity index is 935. The van der Waals surface area contributed by atoms with Gasteiger partial charge in [-0.05, 0) is 68.7 Å². The van der Waals surface area contributed by atoms with Crippen molar-refractivity contribution in [1.29, 1.82) is 0 Å². The Labute approximate surface area is 194 Å². The largest absolute Gasteiger partial charge is 0.489 e. The molecule has 8 heteroatoms. The molecule has 5 unspecified atom stereocenters. The van der Waals surface area contributed by atoms with E-state index in [2.05, 4.69) is 10.6 Å². The Kier molecular flexibility index (Phi) is 6.38. The molecule has 33 heavy (non-hydrogen) atoms. The van der Waals surface area contributed by atoms with E-state index in [1.54, 1.807) is 12.0 Å². The van der Waals surface area contributed by atoms with E-state index >= 15 is 0 Å². The lowest BCUT2D eigenvalue weighted by atomic mass is 9.91. The molecule has 4 aliphatic rings. The number of piperidine rings is 1. The minimum atomic E-state index is -0.598. The van der Waals surface area contributed by atoms with Crippen LogP contribution in [0.3, 0.4) is 0 Å². The van der Waals surface area contributed by atoms with Gasteiger partial charge in [-0.2, -0.15) is 0 Å². The number of nitrogens with one attached hydrogen (secondary N) is 2. The summed E-state index contributed by atoms with van der Waals surface area (Å²) >= 11 is 0. The summed E-state index contributed by atoms with van der Waals surface area (Å²) in [6, 6.07) is 5.68. The second-order valence-corrected chi connectivity index (χ2v) is 9.74. The Hall–Kier alpha value is -2.45. The second kappa shape index (κ2) is 9.43. The van der Waals surface area contributed by atoms with E-state index in [1.807, 2.05) is 18.2 Å². The summed E-state index contributed by atoms with van der Waals surface area (Å²) in [6.07, 6.45) is 8.85. The molecule has 3 amide bonds. The van der Waals surface area contributed by atoms with Gasteiger partial charge in [0.05, 0.1) is 6.10 Å². The van der Waals surface area contributed by atoms with Crippen LogP contribution in [0.2, 0.25) is 0 Å². The highest BCUT2D eigenvalue weighted by atomic mass is 16.5. The lowest BCUT2D eigenvalue weighted by Crippen LogP contribution is -2.52. The molecule has 0 radical (unpaired) electrons. The molecule has 0 bridgehead atoms. The summed E-state index contributed by atoms with van der Waals surface area (Å²) in [5, 5.41) is 6.17. The van der Waals surface area contributed by atoms with Crippen LogP contribution in [0.1, 0.15) is 73.7 Å². The van der Waals surface area contributed by atoms with Gasteiger partial charge in [-0.25, -0.2) is 0 Å². The third-order valence-corrected chi connectivity index (χ3v) is 7.67. The molecule has 0 spiro atoms. The van der Waals surface area contributed by atoms with Crippen molar-refractivity contribution in [2.75, 3.05) is 7.11 Å². The van der Waals surface area contributed by atoms with Crippen molar-refractivity contribution in [2.24, 2.45) is 0 Å². The van der Waals surface area contributed by atoms with E-state index < -0.39 is 6.04 Å². The van der Waals surface area contributed by atoms with Crippen LogP contribution in [0.5, 0.6) is 5.75 Å². The molecule has 8 nitrogen and oxygen atoms in total. The Morgan fingerprint density at radius 2 is 1.73 bits per heavy atom. The second-order valence-electron chi connectivity index (χ2n) is 9.74. The van der Waals surface area contributed by atoms with E-state index in [9.17, 15) is 14.4 Å². The van der Waals surface area contributed by atoms with E-state index in [0.717, 1.165) is 43.4 Å². The summed E-state index contributed by atoms with van der Waals surface area (Å²) < 4.78 is 12.1. The number of amides is 3. The van der Waals surface area contributed by atoms with E-state index in [-0.39, 0.29) is 42.4 Å². The lowest BCUT2D eigenvalue weighted by molar-refractivity contribution is -0.136. The van der Waals surface area contributed by atoms with E-state index in [1.165, 1.54) is 12.8 Å². The first-order valence-electron chi connectivity index (χ1n) is 12.3. The summed E-state index contributed by atoms with van der Waals surface area (Å²) in [5.74, 6) is -0.0578. The molecule has 2 aliphatic heterocycles. The van der Waals surface area contributed by atoms with Gasteiger partial charge in [0, 0.05) is 37.7 Å². The Morgan fingerprint density at radius 1 is 0.970 bits per heavy atom. The van der Waals surface area contributed by atoms with Crippen molar-refractivity contribution in [3.63, 3.8) is 0 Å². The quantitative estimate of drug-likeness (QED) is 0.639. The highest BCUT2D eigenvalue weighted by molar-refractivity contribution is 6.05. The van der Waals surface area contributed by atoms with Crippen molar-refractivity contribution < 1.29 is 23.9 Å². The number of carbonyl (C=O) groups excluding carboxylic acids is 3. The van der Waals surface area contributed by atoms with Gasteiger partial charge in [-0.15, -0.1) is 0 Å². The van der Waals surface area contributed by atoms with Gasteiger partial charge in [0.2, 0.25) is 11.8 Å². The van der Waals surface area contributed by atoms with Crippen LogP contribution in [-0.4, -0.2) is 60.1 Å². The monoisotopic (exact) mass is 455 g/mol. The number of benzene rings is 1. The van der Waals surface area contributed by atoms with Crippen LogP contribution in [0.4, 0.5) is 0 Å². The summed E-state index contributed by atoms with van der Waals surface area (Å²) in [6.45, 7) is 0.363. The standard InChI is InChI=1S/C25H33N3O5/c1-32-21-8-4-6-18(21)26-19-5-2-3-7-22(19)33-16-9-10-17-15(13-16)14-28(25(17)31)20-11-12-23(29)27-24(20)30/h9-10,13,18-22,26H,2-8,11-12,14H2,1H3,(H,27,29,30). The first kappa shape index (κ1) is 22.3. The molecule has 1 aromatic carbocycles. The van der Waals surface area contributed by atoms with Crippen molar-refractivity contribution >= 4 is 17.7 Å². The third-order valence-electron chi connectivity index (χ3n) is 7.67. The summed E-state index contributed by atoms with van der Waals surface area (Å²) in [4.78, 5) is 38.3. The fourth-order valence-corrected chi connectivity index (χ4v) is 5.90. The molecule has 2 heterocycles. The Morgan fingerprint density at radius 3 is 2.55 bits per heavy atom. The van der Waals surface area contributed by atoms with Crippen molar-refractivity contribution in [3.05, 3.63) is 29.3 Å². The van der Waals surface area contributed by atoms with Crippen LogP contribution in [0.15, 0.2) is 18.2 Å². The number of fused-ring (bicyclic) bond motifs is 1. The SMILES string of the molecule is COC1CCCC1NC1CCCCC1Oc1ccc2c(c1)CN(C1CCC(=O)NC1=O)C2=O. The van der Waals surface area contributed by atoms with Gasteiger partial charge in [0.15, 0.2) is 0 Å². The maximum Gasteiger partial charge on any atom is 0.255 e. The third kappa shape index (κ3) is 4.51. The van der Waals surface area contributed by atoms with Crippen molar-refractivity contribution in [3.8, 4) is 5.75 Å². The Balaban J connectivity index is 1.26. The molecule has 1 aromatic rings. The zero-order valence-electron chi connectivity index (χ0n) is 19.2. The van der Waals surface area contributed by atoms with Crippen LogP contribution in [0, 0.1) is 0 Å². The van der Waals surface area contributed by atoms with Crippen LogP contribution < -0.4 is 15.4 Å². The number of ether oxygens (including phenoxy) is 2. The minimum absolute atomic E-state index is 0.0817. The molecule has 2 N–H and O–H groups in total. The maximum atomic E-state index is 12.9. The average molecular weight is 456 g/mol. The number of imide groups is 1. The van der Waals surface area contributed by atoms with Crippen molar-refractivity contribution in [1.82, 2.24) is 15.5 Å². The molecule has 2 saturated carbocycles. The summed E-state index contributed by atoms with van der Waals surface area (Å²) in [7, 11) is 1.80. The molecular weight excluding hydrogens is 422 g/mol. The number of nitrogens with zero attached hydrogens (tertiary/aromatic N) is 1. The van der Waals surface area contributed by atoms with Gasteiger partial charge >= 0.3 is 0 Å². The predicted molar refractivity (Wildman–Crippen MR) is 121 cm³/mol. The smallest absolute Gasteiger partial charge is 0.255 e. The molecule has 5 rings (SSSR count). The number of hydrogen-bond acceptors (Lipinski definition) is 6. The van der Waals surface area contributed by atoms with E-state index in [0.29, 0.717) is 24.6 Å². The topological polar surface area (TPSA) is 97.0 Å².